The van der Waals surface area contributed by atoms with E-state index < -0.39 is 11.0 Å². The lowest BCUT2D eigenvalue weighted by Gasteiger charge is -2.43. The molecule has 1 heterocycles. The van der Waals surface area contributed by atoms with E-state index in [4.69, 9.17) is 4.74 Å². The summed E-state index contributed by atoms with van der Waals surface area (Å²) in [6, 6.07) is 18.4. The summed E-state index contributed by atoms with van der Waals surface area (Å²) >= 11 is 0. The van der Waals surface area contributed by atoms with E-state index in [1.54, 1.807) is 4.90 Å². The molecule has 160 valence electrons. The van der Waals surface area contributed by atoms with Gasteiger partial charge in [0.25, 0.3) is 5.91 Å². The van der Waals surface area contributed by atoms with Gasteiger partial charge >= 0.3 is 0 Å². The number of morpholine rings is 1. The second kappa shape index (κ2) is 9.00. The Morgan fingerprint density at radius 3 is 2.27 bits per heavy atom. The minimum atomic E-state index is -1.08. The van der Waals surface area contributed by atoms with Crippen molar-refractivity contribution in [2.45, 2.75) is 39.7 Å². The third kappa shape index (κ3) is 4.90. The first-order valence-corrected chi connectivity index (χ1v) is 10.6. The maximum atomic E-state index is 13.1. The van der Waals surface area contributed by atoms with Crippen LogP contribution in [0.15, 0.2) is 54.6 Å². The number of nitrogens with zero attached hydrogens (tertiary/aromatic N) is 1. The summed E-state index contributed by atoms with van der Waals surface area (Å²) in [5, 5.41) is 2.91. The van der Waals surface area contributed by atoms with Crippen molar-refractivity contribution in [1.29, 1.82) is 0 Å². The summed E-state index contributed by atoms with van der Waals surface area (Å²) in [7, 11) is 0. The summed E-state index contributed by atoms with van der Waals surface area (Å²) in [6.45, 7) is 9.23. The fourth-order valence-electron chi connectivity index (χ4n) is 3.85. The fraction of sp³-hybridized carbons (Fsp3) is 0.440. The average molecular weight is 409 g/mol. The van der Waals surface area contributed by atoms with Gasteiger partial charge in [0.2, 0.25) is 5.91 Å². The molecule has 0 spiro atoms. The molecule has 5 heteroatoms. The van der Waals surface area contributed by atoms with Crippen LogP contribution in [0.4, 0.5) is 0 Å². The Kier molecular flexibility index (Phi) is 6.61. The van der Waals surface area contributed by atoms with E-state index in [2.05, 4.69) is 29.6 Å². The van der Waals surface area contributed by atoms with Gasteiger partial charge in [-0.05, 0) is 23.6 Å². The van der Waals surface area contributed by atoms with Crippen molar-refractivity contribution in [1.82, 2.24) is 10.2 Å². The quantitative estimate of drug-likeness (QED) is 0.821. The smallest absolute Gasteiger partial charge is 0.254 e. The standard InChI is InChI=1S/C25H32N2O3/c1-5-26-22(28)25(18-27(15-16-30-25)23(29)24(2,3)4)17-19-11-13-21(14-12-19)20-9-7-6-8-10-20/h6-14H,5,15-18H2,1-4H3,(H,26,28)/t25-/m1/s1. The van der Waals surface area contributed by atoms with Gasteiger partial charge in [0.15, 0.2) is 5.60 Å². The number of hydrogen-bond acceptors (Lipinski definition) is 3. The van der Waals surface area contributed by atoms with Crippen LogP contribution in [-0.4, -0.2) is 48.6 Å². The second-order valence-electron chi connectivity index (χ2n) is 8.92. The molecule has 0 bridgehead atoms. The van der Waals surface area contributed by atoms with Gasteiger partial charge in [-0.3, -0.25) is 9.59 Å². The number of benzene rings is 2. The van der Waals surface area contributed by atoms with E-state index in [1.807, 2.05) is 58.0 Å². The van der Waals surface area contributed by atoms with E-state index in [1.165, 1.54) is 0 Å². The van der Waals surface area contributed by atoms with Crippen molar-refractivity contribution in [3.8, 4) is 11.1 Å². The van der Waals surface area contributed by atoms with E-state index in [0.717, 1.165) is 16.7 Å². The predicted molar refractivity (Wildman–Crippen MR) is 119 cm³/mol. The van der Waals surface area contributed by atoms with Crippen LogP contribution < -0.4 is 5.32 Å². The van der Waals surface area contributed by atoms with Crippen molar-refractivity contribution in [2.75, 3.05) is 26.2 Å². The molecule has 2 aromatic carbocycles. The van der Waals surface area contributed by atoms with Crippen LogP contribution in [0.25, 0.3) is 11.1 Å². The highest BCUT2D eigenvalue weighted by molar-refractivity contribution is 5.88. The van der Waals surface area contributed by atoms with Gasteiger partial charge in [0.05, 0.1) is 13.2 Å². The van der Waals surface area contributed by atoms with Crippen LogP contribution in [0.1, 0.15) is 33.3 Å². The molecule has 1 fully saturated rings. The van der Waals surface area contributed by atoms with E-state index in [0.29, 0.717) is 26.1 Å². The number of ether oxygens (including phenoxy) is 1. The highest BCUT2D eigenvalue weighted by Gasteiger charge is 2.46. The number of nitrogens with one attached hydrogen (secondary N) is 1. The van der Waals surface area contributed by atoms with Gasteiger partial charge in [-0.15, -0.1) is 0 Å². The van der Waals surface area contributed by atoms with Crippen molar-refractivity contribution in [2.24, 2.45) is 5.41 Å². The molecule has 0 aromatic heterocycles. The van der Waals surface area contributed by atoms with Crippen LogP contribution >= 0.6 is 0 Å². The summed E-state index contributed by atoms with van der Waals surface area (Å²) < 4.78 is 6.09. The molecule has 5 nitrogen and oxygen atoms in total. The normalized spacial score (nSPS) is 19.4. The number of carbonyl (C=O) groups is 2. The van der Waals surface area contributed by atoms with Gasteiger partial charge in [-0.1, -0.05) is 75.4 Å². The highest BCUT2D eigenvalue weighted by Crippen LogP contribution is 2.28. The van der Waals surface area contributed by atoms with Crippen LogP contribution in [-0.2, 0) is 20.7 Å². The van der Waals surface area contributed by atoms with Crippen LogP contribution in [0.3, 0.4) is 0 Å². The first-order valence-electron chi connectivity index (χ1n) is 10.6. The Morgan fingerprint density at radius 2 is 1.67 bits per heavy atom. The Balaban J connectivity index is 1.85. The molecule has 1 N–H and O–H groups in total. The number of hydrogen-bond donors (Lipinski definition) is 1. The Bertz CT molecular complexity index is 872. The topological polar surface area (TPSA) is 58.6 Å². The lowest BCUT2D eigenvalue weighted by Crippen LogP contribution is -2.63. The van der Waals surface area contributed by atoms with Gasteiger partial charge in [-0.25, -0.2) is 0 Å². The Labute approximate surface area is 179 Å². The molecule has 1 aliphatic rings. The largest absolute Gasteiger partial charge is 0.361 e. The molecule has 1 aliphatic heterocycles. The molecule has 0 radical (unpaired) electrons. The molecule has 30 heavy (non-hydrogen) atoms. The zero-order valence-electron chi connectivity index (χ0n) is 18.4. The van der Waals surface area contributed by atoms with Crippen molar-refractivity contribution >= 4 is 11.8 Å². The van der Waals surface area contributed by atoms with E-state index in [-0.39, 0.29) is 18.4 Å². The predicted octanol–water partition coefficient (Wildman–Crippen LogP) is 3.68. The summed E-state index contributed by atoms with van der Waals surface area (Å²) in [4.78, 5) is 27.7. The lowest BCUT2D eigenvalue weighted by molar-refractivity contribution is -0.169. The van der Waals surface area contributed by atoms with Crippen molar-refractivity contribution < 1.29 is 14.3 Å². The third-order valence-electron chi connectivity index (χ3n) is 5.42. The first-order chi connectivity index (χ1) is 14.2. The van der Waals surface area contributed by atoms with Crippen molar-refractivity contribution in [3.05, 3.63) is 60.2 Å². The molecule has 2 amide bonds. The zero-order chi connectivity index (χ0) is 21.8. The first kappa shape index (κ1) is 22.0. The number of rotatable bonds is 5. The molecule has 2 aromatic rings. The number of amides is 2. The summed E-state index contributed by atoms with van der Waals surface area (Å²) in [6.07, 6.45) is 0.418. The maximum Gasteiger partial charge on any atom is 0.254 e. The molecule has 0 aliphatic carbocycles. The molecule has 3 rings (SSSR count). The second-order valence-corrected chi connectivity index (χ2v) is 8.92. The summed E-state index contributed by atoms with van der Waals surface area (Å²) in [5.41, 5.74) is 1.70. The number of likely N-dealkylation sites (N-methyl/N-ethyl adjacent to an activating group) is 1. The lowest BCUT2D eigenvalue weighted by atomic mass is 9.88. The van der Waals surface area contributed by atoms with Gasteiger partial charge < -0.3 is 15.0 Å². The van der Waals surface area contributed by atoms with Crippen molar-refractivity contribution in [3.63, 3.8) is 0 Å². The van der Waals surface area contributed by atoms with E-state index >= 15 is 0 Å². The SMILES string of the molecule is CCNC(=O)[C@@]1(Cc2ccc(-c3ccccc3)cc2)CN(C(=O)C(C)(C)C)CCO1. The van der Waals surface area contributed by atoms with Gasteiger partial charge in [0, 0.05) is 24.9 Å². The maximum absolute atomic E-state index is 13.1. The molecule has 0 saturated carbocycles. The number of carbonyl (C=O) groups excluding carboxylic acids is 2. The molecule has 0 unspecified atom stereocenters. The van der Waals surface area contributed by atoms with Gasteiger partial charge in [0.1, 0.15) is 0 Å². The average Bonchev–Trinajstić information content (AvgIpc) is 2.74. The molecular formula is C25H32N2O3. The van der Waals surface area contributed by atoms with Gasteiger partial charge in [-0.2, -0.15) is 0 Å². The van der Waals surface area contributed by atoms with E-state index in [9.17, 15) is 9.59 Å². The molecule has 1 saturated heterocycles. The zero-order valence-corrected chi connectivity index (χ0v) is 18.4. The molecular weight excluding hydrogens is 376 g/mol. The highest BCUT2D eigenvalue weighted by atomic mass is 16.5. The van der Waals surface area contributed by atoms with Crippen LogP contribution in [0.2, 0.25) is 0 Å². The Hall–Kier alpha value is -2.66. The fourth-order valence-corrected chi connectivity index (χ4v) is 3.85. The van der Waals surface area contributed by atoms with Crippen LogP contribution in [0.5, 0.6) is 0 Å². The monoisotopic (exact) mass is 408 g/mol. The molecule has 1 atom stereocenters. The minimum Gasteiger partial charge on any atom is -0.361 e. The van der Waals surface area contributed by atoms with Crippen LogP contribution in [0, 0.1) is 5.41 Å². The summed E-state index contributed by atoms with van der Waals surface area (Å²) in [5.74, 6) is -0.123. The minimum absolute atomic E-state index is 0.0406. The third-order valence-corrected chi connectivity index (χ3v) is 5.42. The Morgan fingerprint density at radius 1 is 1.03 bits per heavy atom.